The van der Waals surface area contributed by atoms with Crippen molar-refractivity contribution in [2.45, 2.75) is 5.41 Å². The summed E-state index contributed by atoms with van der Waals surface area (Å²) < 4.78 is 9.19. The predicted octanol–water partition coefficient (Wildman–Crippen LogP) is 15.8. The van der Waals surface area contributed by atoms with E-state index < -0.39 is 13.5 Å². The fourth-order valence-corrected chi connectivity index (χ4v) is 18.1. The van der Waals surface area contributed by atoms with E-state index in [0.29, 0.717) is 0 Å². The van der Waals surface area contributed by atoms with Crippen LogP contribution in [0.3, 0.4) is 0 Å². The summed E-state index contributed by atoms with van der Waals surface area (Å²) in [5.41, 5.74) is 15.8. The molecule has 4 heteroatoms. The summed E-state index contributed by atoms with van der Waals surface area (Å²) in [7, 11) is -3.38. The van der Waals surface area contributed by atoms with E-state index in [1.807, 2.05) is 0 Å². The number of benzene rings is 12. The van der Waals surface area contributed by atoms with Crippen LogP contribution in [-0.2, 0) is 5.41 Å². The highest BCUT2D eigenvalue weighted by atomic mass is 28.3. The monoisotopic (exact) mass is 998 g/mol. The highest BCUT2D eigenvalue weighted by Gasteiger charge is 2.48. The SMILES string of the molecule is c1ccc(C2(c3cccc([Si](c4ccccc4)(c4ccccc4)c4cc(-c5ccccc5-n5c6ccccc6c6ccccc65)cc(N5c6ccccc6Oc6ccccc65)c4)c3)c3ccccc3-c3ccccc32)cc1. The van der Waals surface area contributed by atoms with Gasteiger partial charge in [-0.3, -0.25) is 0 Å². The lowest BCUT2D eigenvalue weighted by Gasteiger charge is -2.39. The van der Waals surface area contributed by atoms with Gasteiger partial charge in [0.05, 0.1) is 33.5 Å². The van der Waals surface area contributed by atoms with E-state index in [0.717, 1.165) is 45.4 Å². The van der Waals surface area contributed by atoms with E-state index >= 15 is 0 Å². The van der Waals surface area contributed by atoms with Gasteiger partial charge >= 0.3 is 0 Å². The Morgan fingerprint density at radius 1 is 0.312 bits per heavy atom. The average molecular weight is 999 g/mol. The average Bonchev–Trinajstić information content (AvgIpc) is 4.20. The first-order valence-corrected chi connectivity index (χ1v) is 28.6. The van der Waals surface area contributed by atoms with Crippen LogP contribution in [0.1, 0.15) is 22.3 Å². The van der Waals surface area contributed by atoms with Gasteiger partial charge < -0.3 is 14.2 Å². The summed E-state index contributed by atoms with van der Waals surface area (Å²) in [6.07, 6.45) is 0. The predicted molar refractivity (Wildman–Crippen MR) is 322 cm³/mol. The number of anilines is 3. The second-order valence-electron chi connectivity index (χ2n) is 20.3. The maximum absolute atomic E-state index is 6.72. The molecule has 0 bridgehead atoms. The van der Waals surface area contributed by atoms with Gasteiger partial charge in [0.25, 0.3) is 0 Å². The van der Waals surface area contributed by atoms with Gasteiger partial charge in [-0.05, 0) is 114 Å². The van der Waals surface area contributed by atoms with E-state index in [1.165, 1.54) is 75.9 Å². The Morgan fingerprint density at radius 3 is 1.36 bits per heavy atom. The highest BCUT2D eigenvalue weighted by Crippen LogP contribution is 2.56. The quantitative estimate of drug-likeness (QED) is 0.106. The first kappa shape index (κ1) is 44.7. The molecule has 0 amide bonds. The smallest absolute Gasteiger partial charge is 0.179 e. The van der Waals surface area contributed by atoms with Gasteiger partial charge in [0.2, 0.25) is 0 Å². The second-order valence-corrected chi connectivity index (χ2v) is 24.1. The molecule has 2 heterocycles. The number of nitrogens with zero attached hydrogens (tertiary/aromatic N) is 2. The van der Waals surface area contributed by atoms with Crippen LogP contribution >= 0.6 is 0 Å². The molecule has 12 aromatic carbocycles. The molecule has 1 aromatic heterocycles. The Bertz CT molecular complexity index is 4210. The van der Waals surface area contributed by atoms with E-state index in [1.54, 1.807) is 0 Å². The van der Waals surface area contributed by atoms with Crippen LogP contribution < -0.4 is 30.4 Å². The normalized spacial score (nSPS) is 13.1. The largest absolute Gasteiger partial charge is 0.453 e. The van der Waals surface area contributed by atoms with Gasteiger partial charge in [0.15, 0.2) is 19.6 Å². The number of aromatic nitrogens is 1. The molecule has 3 nitrogen and oxygen atoms in total. The molecule has 0 saturated heterocycles. The number of hydrogen-bond acceptors (Lipinski definition) is 2. The zero-order valence-corrected chi connectivity index (χ0v) is 43.2. The summed E-state index contributed by atoms with van der Waals surface area (Å²) in [6, 6.07) is 113. The van der Waals surface area contributed by atoms with Gasteiger partial charge in [-0.2, -0.15) is 0 Å². The summed E-state index contributed by atoms with van der Waals surface area (Å²) in [4.78, 5) is 2.42. The maximum Gasteiger partial charge on any atom is 0.179 e. The topological polar surface area (TPSA) is 17.4 Å². The van der Waals surface area contributed by atoms with Crippen molar-refractivity contribution in [1.82, 2.24) is 4.57 Å². The highest BCUT2D eigenvalue weighted by molar-refractivity contribution is 7.20. The second kappa shape index (κ2) is 18.0. The lowest BCUT2D eigenvalue weighted by molar-refractivity contribution is 0.477. The molecule has 1 aliphatic heterocycles. The van der Waals surface area contributed by atoms with Gasteiger partial charge in [-0.1, -0.05) is 249 Å². The van der Waals surface area contributed by atoms with Crippen molar-refractivity contribution in [3.8, 4) is 39.4 Å². The Morgan fingerprint density at radius 2 is 0.766 bits per heavy atom. The summed E-state index contributed by atoms with van der Waals surface area (Å²) in [5, 5.41) is 7.62. The third-order valence-electron chi connectivity index (χ3n) is 16.4. The fraction of sp³-hybridized carbons (Fsp3) is 0.0137. The molecule has 77 heavy (non-hydrogen) atoms. The van der Waals surface area contributed by atoms with Crippen molar-refractivity contribution in [2.24, 2.45) is 0 Å². The van der Waals surface area contributed by atoms with Crippen LogP contribution in [0.4, 0.5) is 17.1 Å². The molecule has 362 valence electrons. The minimum atomic E-state index is -3.38. The van der Waals surface area contributed by atoms with Gasteiger partial charge in [0, 0.05) is 22.0 Å². The van der Waals surface area contributed by atoms with Crippen molar-refractivity contribution in [3.63, 3.8) is 0 Å². The lowest BCUT2D eigenvalue weighted by Crippen LogP contribution is -2.75. The molecule has 0 unspecified atom stereocenters. The van der Waals surface area contributed by atoms with Crippen molar-refractivity contribution in [3.05, 3.63) is 326 Å². The minimum absolute atomic E-state index is 0.590. The van der Waals surface area contributed by atoms with Crippen LogP contribution in [0.5, 0.6) is 11.5 Å². The molecular weight excluding hydrogens is 949 g/mol. The Kier molecular flexibility index (Phi) is 10.4. The van der Waals surface area contributed by atoms with Crippen molar-refractivity contribution in [1.29, 1.82) is 0 Å². The zero-order valence-electron chi connectivity index (χ0n) is 42.2. The standard InChI is InChI=1S/C73H50N2OSi/c1-4-25-52(26-5-1)73(64-38-15-10-34-60(64)61-35-11-16-39-65(61)73)53-27-24-32-57(49-53)77(55-28-6-2-7-29-55,56-30-8-3-9-31-56)58-48-51(47-54(50-58)74-69-43-20-22-45-71(69)76-72-46-23-21-44-70(72)74)59-33-12-17-40-66(59)75-67-41-18-13-36-62(67)63-37-14-19-42-68(63)75/h1-50H. The third kappa shape index (κ3) is 6.75. The van der Waals surface area contributed by atoms with Crippen molar-refractivity contribution < 1.29 is 4.74 Å². The minimum Gasteiger partial charge on any atom is -0.453 e. The summed E-state index contributed by atoms with van der Waals surface area (Å²) in [5.74, 6) is 1.63. The molecule has 13 aromatic rings. The third-order valence-corrected chi connectivity index (χ3v) is 21.1. The van der Waals surface area contributed by atoms with Gasteiger partial charge in [0.1, 0.15) is 0 Å². The van der Waals surface area contributed by atoms with Crippen molar-refractivity contribution >= 4 is 67.7 Å². The Hall–Kier alpha value is -9.74. The zero-order chi connectivity index (χ0) is 50.9. The van der Waals surface area contributed by atoms with Crippen LogP contribution in [0, 0.1) is 0 Å². The van der Waals surface area contributed by atoms with Crippen LogP contribution in [0.25, 0.3) is 49.7 Å². The number of para-hydroxylation sites is 7. The Balaban J connectivity index is 1.07. The Labute approximate surface area is 449 Å². The molecule has 0 spiro atoms. The summed E-state index contributed by atoms with van der Waals surface area (Å²) >= 11 is 0. The van der Waals surface area contributed by atoms with Crippen molar-refractivity contribution in [2.75, 3.05) is 4.90 Å². The molecule has 2 aliphatic rings. The van der Waals surface area contributed by atoms with E-state index in [4.69, 9.17) is 4.74 Å². The molecule has 0 N–H and O–H groups in total. The van der Waals surface area contributed by atoms with Crippen LogP contribution in [-0.4, -0.2) is 12.6 Å². The maximum atomic E-state index is 6.72. The number of rotatable bonds is 9. The fourth-order valence-electron chi connectivity index (χ4n) is 13.3. The van der Waals surface area contributed by atoms with Crippen LogP contribution in [0.2, 0.25) is 0 Å². The van der Waals surface area contributed by atoms with E-state index in [2.05, 4.69) is 313 Å². The lowest BCUT2D eigenvalue weighted by atomic mass is 9.68. The van der Waals surface area contributed by atoms with Gasteiger partial charge in [-0.25, -0.2) is 0 Å². The molecule has 0 radical (unpaired) electrons. The molecule has 15 rings (SSSR count). The molecule has 1 aliphatic carbocycles. The molecule has 0 atom stereocenters. The number of fused-ring (bicyclic) bond motifs is 8. The first-order valence-electron chi connectivity index (χ1n) is 26.6. The molecular formula is C73H50N2OSi. The van der Waals surface area contributed by atoms with E-state index in [9.17, 15) is 0 Å². The number of hydrogen-bond donors (Lipinski definition) is 0. The van der Waals surface area contributed by atoms with E-state index in [-0.39, 0.29) is 0 Å². The van der Waals surface area contributed by atoms with Gasteiger partial charge in [-0.15, -0.1) is 0 Å². The first-order chi connectivity index (χ1) is 38.2. The van der Waals surface area contributed by atoms with Crippen LogP contribution in [0.15, 0.2) is 303 Å². The molecule has 0 saturated carbocycles. The number of ether oxygens (including phenoxy) is 1. The summed E-state index contributed by atoms with van der Waals surface area (Å²) in [6.45, 7) is 0. The molecule has 0 fully saturated rings.